The second-order valence-corrected chi connectivity index (χ2v) is 7.55. The Morgan fingerprint density at radius 3 is 2.95 bits per heavy atom. The number of Topliss-reactive ketones (excluding diaryl/α,β-unsaturated/α-hetero) is 1. The van der Waals surface area contributed by atoms with Gasteiger partial charge in [-0.15, -0.1) is 0 Å². The molecule has 0 amide bonds. The minimum Gasteiger partial charge on any atom is -0.388 e. The van der Waals surface area contributed by atoms with Gasteiger partial charge in [0.1, 0.15) is 5.78 Å². The van der Waals surface area contributed by atoms with Gasteiger partial charge in [0.25, 0.3) is 0 Å². The van der Waals surface area contributed by atoms with Gasteiger partial charge in [0.15, 0.2) is 0 Å². The summed E-state index contributed by atoms with van der Waals surface area (Å²) in [6.07, 6.45) is 6.89. The van der Waals surface area contributed by atoms with Crippen molar-refractivity contribution in [2.24, 2.45) is 17.8 Å². The molecule has 4 rings (SSSR count). The zero-order chi connectivity index (χ0) is 13.3. The molecule has 1 N–H and O–H groups in total. The molecule has 5 atom stereocenters. The molecule has 106 valence electrons. The van der Waals surface area contributed by atoms with Crippen LogP contribution in [-0.2, 0) is 4.79 Å². The third kappa shape index (κ3) is 1.33. The number of ketones is 1. The lowest BCUT2D eigenvalue weighted by Gasteiger charge is -2.69. The lowest BCUT2D eigenvalue weighted by molar-refractivity contribution is -0.249. The van der Waals surface area contributed by atoms with Crippen LogP contribution >= 0.6 is 0 Å². The second kappa shape index (κ2) is 3.82. The molecule has 0 radical (unpaired) electrons. The summed E-state index contributed by atoms with van der Waals surface area (Å²) in [5.41, 5.74) is -0.766. The Bertz CT molecular complexity index is 421. The van der Waals surface area contributed by atoms with E-state index in [-0.39, 0.29) is 17.4 Å². The van der Waals surface area contributed by atoms with E-state index in [9.17, 15) is 9.90 Å². The Morgan fingerprint density at radius 1 is 1.32 bits per heavy atom. The van der Waals surface area contributed by atoms with Crippen LogP contribution in [0.4, 0.5) is 0 Å². The van der Waals surface area contributed by atoms with Crippen LogP contribution in [0.3, 0.4) is 0 Å². The molecule has 2 heterocycles. The Labute approximate surface area is 115 Å². The molecule has 4 aliphatic rings. The fraction of sp³-hybridized carbons (Fsp3) is 0.938. The van der Waals surface area contributed by atoms with Gasteiger partial charge in [-0.1, -0.05) is 6.92 Å². The van der Waals surface area contributed by atoms with Gasteiger partial charge in [-0.05, 0) is 63.5 Å². The van der Waals surface area contributed by atoms with E-state index in [1.165, 1.54) is 0 Å². The predicted molar refractivity (Wildman–Crippen MR) is 72.7 cm³/mol. The highest BCUT2D eigenvalue weighted by Crippen LogP contribution is 2.61. The van der Waals surface area contributed by atoms with Crippen LogP contribution in [0.1, 0.15) is 51.9 Å². The highest BCUT2D eigenvalue weighted by molar-refractivity contribution is 5.85. The average Bonchev–Trinajstić information content (AvgIpc) is 2.35. The molecule has 2 bridgehead atoms. The zero-order valence-electron chi connectivity index (χ0n) is 11.9. The first-order valence-corrected chi connectivity index (χ1v) is 8.08. The second-order valence-electron chi connectivity index (χ2n) is 7.55. The van der Waals surface area contributed by atoms with Crippen molar-refractivity contribution in [3.63, 3.8) is 0 Å². The summed E-state index contributed by atoms with van der Waals surface area (Å²) in [7, 11) is 0. The minimum absolute atomic E-state index is 0.116. The fourth-order valence-electron chi connectivity index (χ4n) is 6.15. The van der Waals surface area contributed by atoms with Crippen LogP contribution in [0.25, 0.3) is 0 Å². The van der Waals surface area contributed by atoms with E-state index in [4.69, 9.17) is 0 Å². The third-order valence-electron chi connectivity index (χ3n) is 6.66. The SMILES string of the molecule is CC1CC2CC(=O)C3CCCN4CCC[C@@]2(O)C34C1. The molecule has 2 saturated heterocycles. The Morgan fingerprint density at radius 2 is 2.11 bits per heavy atom. The maximum Gasteiger partial charge on any atom is 0.138 e. The third-order valence-corrected chi connectivity index (χ3v) is 6.66. The highest BCUT2D eigenvalue weighted by atomic mass is 16.3. The molecule has 4 unspecified atom stereocenters. The normalized spacial score (nSPS) is 53.8. The molecule has 2 saturated carbocycles. The van der Waals surface area contributed by atoms with Gasteiger partial charge in [0.2, 0.25) is 0 Å². The van der Waals surface area contributed by atoms with E-state index >= 15 is 0 Å². The maximum absolute atomic E-state index is 12.6. The van der Waals surface area contributed by atoms with E-state index in [0.717, 1.165) is 51.6 Å². The summed E-state index contributed by atoms with van der Waals surface area (Å²) >= 11 is 0. The molecule has 3 nitrogen and oxygen atoms in total. The molecule has 2 aliphatic heterocycles. The topological polar surface area (TPSA) is 40.5 Å². The molecule has 0 aromatic rings. The van der Waals surface area contributed by atoms with Crippen LogP contribution in [0.15, 0.2) is 0 Å². The van der Waals surface area contributed by atoms with Crippen molar-refractivity contribution in [2.75, 3.05) is 13.1 Å². The van der Waals surface area contributed by atoms with Crippen molar-refractivity contribution in [3.05, 3.63) is 0 Å². The van der Waals surface area contributed by atoms with Crippen LogP contribution in [0.2, 0.25) is 0 Å². The first-order valence-electron chi connectivity index (χ1n) is 8.08. The highest BCUT2D eigenvalue weighted by Gasteiger charge is 2.69. The molecule has 0 aromatic heterocycles. The summed E-state index contributed by atoms with van der Waals surface area (Å²) < 4.78 is 0. The largest absolute Gasteiger partial charge is 0.388 e. The van der Waals surface area contributed by atoms with Crippen LogP contribution in [-0.4, -0.2) is 40.0 Å². The maximum atomic E-state index is 12.6. The summed E-state index contributed by atoms with van der Waals surface area (Å²) in [5.74, 6) is 1.44. The summed E-state index contributed by atoms with van der Waals surface area (Å²) in [6.45, 7) is 4.49. The fourth-order valence-corrected chi connectivity index (χ4v) is 6.15. The number of piperidine rings is 2. The first-order chi connectivity index (χ1) is 9.08. The molecule has 19 heavy (non-hydrogen) atoms. The summed E-state index contributed by atoms with van der Waals surface area (Å²) in [5, 5.41) is 11.5. The van der Waals surface area contributed by atoms with Gasteiger partial charge in [0, 0.05) is 12.3 Å². The molecular formula is C16H25NO2. The van der Waals surface area contributed by atoms with Crippen molar-refractivity contribution in [1.82, 2.24) is 4.90 Å². The number of nitrogens with zero attached hydrogens (tertiary/aromatic N) is 1. The summed E-state index contributed by atoms with van der Waals surface area (Å²) in [6, 6.07) is 0. The van der Waals surface area contributed by atoms with E-state index in [1.807, 2.05) is 0 Å². The van der Waals surface area contributed by atoms with Gasteiger partial charge in [0.05, 0.1) is 11.1 Å². The van der Waals surface area contributed by atoms with Gasteiger partial charge in [-0.25, -0.2) is 0 Å². The lowest BCUT2D eigenvalue weighted by atomic mass is 9.46. The quantitative estimate of drug-likeness (QED) is 0.726. The lowest BCUT2D eigenvalue weighted by Crippen LogP contribution is -2.79. The van der Waals surface area contributed by atoms with Gasteiger partial charge in [-0.3, -0.25) is 9.69 Å². The van der Waals surface area contributed by atoms with Crippen LogP contribution in [0.5, 0.6) is 0 Å². The number of hydrogen-bond donors (Lipinski definition) is 1. The molecule has 3 heteroatoms. The van der Waals surface area contributed by atoms with Crippen molar-refractivity contribution >= 4 is 5.78 Å². The number of aliphatic hydroxyl groups is 1. The van der Waals surface area contributed by atoms with Gasteiger partial charge >= 0.3 is 0 Å². The first kappa shape index (κ1) is 12.3. The predicted octanol–water partition coefficient (Wildman–Crippen LogP) is 1.98. The summed E-state index contributed by atoms with van der Waals surface area (Å²) in [4.78, 5) is 15.1. The van der Waals surface area contributed by atoms with E-state index in [2.05, 4.69) is 11.8 Å². The zero-order valence-corrected chi connectivity index (χ0v) is 11.9. The standard InChI is InChI=1S/C16H25NO2/c1-11-8-12-9-14(18)13-4-2-6-17-7-3-5-16(12,19)15(13,17)10-11/h11-13,19H,2-10H2,1H3/t11?,12?,13?,15?,16-/m0/s1. The van der Waals surface area contributed by atoms with Gasteiger partial charge in [-0.2, -0.15) is 0 Å². The van der Waals surface area contributed by atoms with E-state index in [1.54, 1.807) is 0 Å². The Hall–Kier alpha value is -0.410. The molecule has 1 spiro atoms. The Kier molecular flexibility index (Phi) is 2.48. The van der Waals surface area contributed by atoms with Crippen molar-refractivity contribution in [2.45, 2.75) is 63.0 Å². The average molecular weight is 263 g/mol. The molecule has 4 fully saturated rings. The van der Waals surface area contributed by atoms with Crippen molar-refractivity contribution in [3.8, 4) is 0 Å². The smallest absolute Gasteiger partial charge is 0.138 e. The van der Waals surface area contributed by atoms with Crippen LogP contribution in [0, 0.1) is 17.8 Å². The van der Waals surface area contributed by atoms with Crippen molar-refractivity contribution in [1.29, 1.82) is 0 Å². The number of hydrogen-bond acceptors (Lipinski definition) is 3. The van der Waals surface area contributed by atoms with Gasteiger partial charge < -0.3 is 5.11 Å². The minimum atomic E-state index is -0.573. The molecular weight excluding hydrogens is 238 g/mol. The number of rotatable bonds is 0. The number of carbonyl (C=O) groups excluding carboxylic acids is 1. The monoisotopic (exact) mass is 263 g/mol. The van der Waals surface area contributed by atoms with E-state index < -0.39 is 5.60 Å². The Balaban J connectivity index is 1.89. The molecule has 0 aromatic carbocycles. The number of carbonyl (C=O) groups is 1. The van der Waals surface area contributed by atoms with Crippen LogP contribution < -0.4 is 0 Å². The molecule has 2 aliphatic carbocycles. The van der Waals surface area contributed by atoms with Crippen molar-refractivity contribution < 1.29 is 9.90 Å². The van der Waals surface area contributed by atoms with E-state index in [0.29, 0.717) is 18.1 Å².